The third-order valence-corrected chi connectivity index (χ3v) is 5.05. The summed E-state index contributed by atoms with van der Waals surface area (Å²) in [4.78, 5) is 2.66. The lowest BCUT2D eigenvalue weighted by Gasteiger charge is -2.32. The highest BCUT2D eigenvalue weighted by Gasteiger charge is 2.36. The molecule has 1 aromatic heterocycles. The molecule has 1 aliphatic heterocycles. The fraction of sp³-hybridized carbons (Fsp3) is 0.353. The molecule has 2 aromatic rings. The first-order valence-electron chi connectivity index (χ1n) is 6.94. The van der Waals surface area contributed by atoms with Crippen LogP contribution in [0.4, 0.5) is 0 Å². The SMILES string of the molecule is CCc1ccc(CC2(C#N)COc3ccccc3C2)s1. The lowest BCUT2D eigenvalue weighted by molar-refractivity contribution is 0.170. The van der Waals surface area contributed by atoms with Crippen molar-refractivity contribution in [2.24, 2.45) is 5.41 Å². The zero-order valence-electron chi connectivity index (χ0n) is 11.6. The summed E-state index contributed by atoms with van der Waals surface area (Å²) in [6.45, 7) is 2.65. The Morgan fingerprint density at radius 2 is 2.05 bits per heavy atom. The van der Waals surface area contributed by atoms with Gasteiger partial charge in [0.1, 0.15) is 17.8 Å². The van der Waals surface area contributed by atoms with Crippen molar-refractivity contribution < 1.29 is 4.74 Å². The average Bonchev–Trinajstić information content (AvgIpc) is 2.94. The highest BCUT2D eigenvalue weighted by Crippen LogP contribution is 2.37. The minimum absolute atomic E-state index is 0.426. The number of nitriles is 1. The fourth-order valence-electron chi connectivity index (χ4n) is 2.69. The number of para-hydroxylation sites is 1. The summed E-state index contributed by atoms with van der Waals surface area (Å²) in [6, 6.07) is 14.9. The second-order valence-electron chi connectivity index (χ2n) is 5.36. The van der Waals surface area contributed by atoms with Crippen molar-refractivity contribution in [3.05, 3.63) is 51.7 Å². The van der Waals surface area contributed by atoms with E-state index in [-0.39, 0.29) is 0 Å². The molecular formula is C17H17NOS. The summed E-state index contributed by atoms with van der Waals surface area (Å²) in [5, 5.41) is 9.67. The normalized spacial score (nSPS) is 20.8. The van der Waals surface area contributed by atoms with Crippen LogP contribution >= 0.6 is 11.3 Å². The number of nitrogens with zero attached hydrogens (tertiary/aromatic N) is 1. The van der Waals surface area contributed by atoms with Crippen LogP contribution < -0.4 is 4.74 Å². The first kappa shape index (κ1) is 13.2. The minimum atomic E-state index is -0.426. The van der Waals surface area contributed by atoms with Crippen LogP contribution in [0.3, 0.4) is 0 Å². The van der Waals surface area contributed by atoms with Gasteiger partial charge in [0, 0.05) is 16.2 Å². The Labute approximate surface area is 123 Å². The van der Waals surface area contributed by atoms with Crippen LogP contribution in [0.1, 0.15) is 22.2 Å². The number of fused-ring (bicyclic) bond motifs is 1. The monoisotopic (exact) mass is 283 g/mol. The van der Waals surface area contributed by atoms with Gasteiger partial charge in [-0.25, -0.2) is 0 Å². The molecule has 1 aliphatic rings. The average molecular weight is 283 g/mol. The van der Waals surface area contributed by atoms with E-state index >= 15 is 0 Å². The molecule has 0 aliphatic carbocycles. The van der Waals surface area contributed by atoms with Gasteiger partial charge in [-0.15, -0.1) is 11.3 Å². The second kappa shape index (κ2) is 5.30. The molecule has 1 unspecified atom stereocenters. The van der Waals surface area contributed by atoms with Crippen LogP contribution in [0.2, 0.25) is 0 Å². The van der Waals surface area contributed by atoms with Gasteiger partial charge in [-0.1, -0.05) is 25.1 Å². The van der Waals surface area contributed by atoms with Gasteiger partial charge in [-0.2, -0.15) is 5.26 Å². The van der Waals surface area contributed by atoms with Crippen molar-refractivity contribution in [3.63, 3.8) is 0 Å². The van der Waals surface area contributed by atoms with E-state index in [1.165, 1.54) is 9.75 Å². The minimum Gasteiger partial charge on any atom is -0.492 e. The summed E-state index contributed by atoms with van der Waals surface area (Å²) < 4.78 is 5.82. The molecule has 20 heavy (non-hydrogen) atoms. The first-order chi connectivity index (χ1) is 9.74. The summed E-state index contributed by atoms with van der Waals surface area (Å²) in [5.74, 6) is 0.929. The molecular weight excluding hydrogens is 266 g/mol. The summed E-state index contributed by atoms with van der Waals surface area (Å²) >= 11 is 1.82. The quantitative estimate of drug-likeness (QED) is 0.853. The van der Waals surface area contributed by atoms with E-state index in [9.17, 15) is 5.26 Å². The van der Waals surface area contributed by atoms with Crippen LogP contribution in [-0.2, 0) is 19.3 Å². The molecule has 2 heterocycles. The van der Waals surface area contributed by atoms with Gasteiger partial charge in [-0.05, 0) is 36.6 Å². The number of ether oxygens (including phenoxy) is 1. The lowest BCUT2D eigenvalue weighted by atomic mass is 9.78. The Morgan fingerprint density at radius 3 is 2.80 bits per heavy atom. The van der Waals surface area contributed by atoms with Crippen molar-refractivity contribution in [2.75, 3.05) is 6.61 Å². The molecule has 0 saturated heterocycles. The Kier molecular flexibility index (Phi) is 3.50. The van der Waals surface area contributed by atoms with E-state index in [0.717, 1.165) is 30.6 Å². The number of aryl methyl sites for hydroxylation is 1. The third kappa shape index (κ3) is 2.44. The predicted molar refractivity (Wildman–Crippen MR) is 81.1 cm³/mol. The standard InChI is InChI=1S/C17H17NOS/c1-2-14-7-8-15(20-14)10-17(11-18)9-13-5-3-4-6-16(13)19-12-17/h3-8H,2,9-10,12H2,1H3. The number of rotatable bonds is 3. The molecule has 0 spiro atoms. The van der Waals surface area contributed by atoms with Gasteiger partial charge in [-0.3, -0.25) is 0 Å². The topological polar surface area (TPSA) is 33.0 Å². The van der Waals surface area contributed by atoms with E-state index in [1.807, 2.05) is 29.5 Å². The molecule has 1 atom stereocenters. The largest absolute Gasteiger partial charge is 0.492 e. The molecule has 0 saturated carbocycles. The summed E-state index contributed by atoms with van der Waals surface area (Å²) in [7, 11) is 0. The maximum absolute atomic E-state index is 9.67. The second-order valence-corrected chi connectivity index (χ2v) is 6.62. The number of hydrogen-bond acceptors (Lipinski definition) is 3. The van der Waals surface area contributed by atoms with Gasteiger partial charge < -0.3 is 4.74 Å². The van der Waals surface area contributed by atoms with Crippen LogP contribution in [0.5, 0.6) is 5.75 Å². The molecule has 0 bridgehead atoms. The van der Waals surface area contributed by atoms with Gasteiger partial charge in [0.25, 0.3) is 0 Å². The molecule has 0 fully saturated rings. The van der Waals surface area contributed by atoms with Gasteiger partial charge >= 0.3 is 0 Å². The number of hydrogen-bond donors (Lipinski definition) is 0. The van der Waals surface area contributed by atoms with E-state index < -0.39 is 5.41 Å². The molecule has 3 rings (SSSR count). The van der Waals surface area contributed by atoms with Gasteiger partial charge in [0.15, 0.2) is 0 Å². The Hall–Kier alpha value is -1.79. The van der Waals surface area contributed by atoms with Crippen LogP contribution in [0.15, 0.2) is 36.4 Å². The Balaban J connectivity index is 1.85. The molecule has 2 nitrogen and oxygen atoms in total. The highest BCUT2D eigenvalue weighted by molar-refractivity contribution is 7.12. The van der Waals surface area contributed by atoms with Crippen molar-refractivity contribution >= 4 is 11.3 Å². The fourth-order valence-corrected chi connectivity index (χ4v) is 3.79. The van der Waals surface area contributed by atoms with E-state index in [1.54, 1.807) is 0 Å². The number of benzene rings is 1. The van der Waals surface area contributed by atoms with E-state index in [2.05, 4.69) is 31.2 Å². The Morgan fingerprint density at radius 1 is 1.25 bits per heavy atom. The van der Waals surface area contributed by atoms with Crippen LogP contribution in [0, 0.1) is 16.7 Å². The van der Waals surface area contributed by atoms with Crippen molar-refractivity contribution in [3.8, 4) is 11.8 Å². The zero-order valence-corrected chi connectivity index (χ0v) is 12.4. The highest BCUT2D eigenvalue weighted by atomic mass is 32.1. The molecule has 0 N–H and O–H groups in total. The summed E-state index contributed by atoms with van der Waals surface area (Å²) in [5.41, 5.74) is 0.720. The lowest BCUT2D eigenvalue weighted by Crippen LogP contribution is -2.35. The Bertz CT molecular complexity index is 655. The predicted octanol–water partition coefficient (Wildman–Crippen LogP) is 4.00. The molecule has 102 valence electrons. The molecule has 1 aromatic carbocycles. The van der Waals surface area contributed by atoms with E-state index in [4.69, 9.17) is 4.74 Å². The van der Waals surface area contributed by atoms with E-state index in [0.29, 0.717) is 6.61 Å². The van der Waals surface area contributed by atoms with Crippen LogP contribution in [0.25, 0.3) is 0 Å². The van der Waals surface area contributed by atoms with Gasteiger partial charge in [0.05, 0.1) is 6.07 Å². The zero-order chi connectivity index (χ0) is 14.0. The number of thiophene rings is 1. The third-order valence-electron chi connectivity index (χ3n) is 3.82. The molecule has 3 heteroatoms. The maximum atomic E-state index is 9.67. The van der Waals surface area contributed by atoms with Gasteiger partial charge in [0.2, 0.25) is 0 Å². The smallest absolute Gasteiger partial charge is 0.122 e. The first-order valence-corrected chi connectivity index (χ1v) is 7.76. The van der Waals surface area contributed by atoms with Crippen molar-refractivity contribution in [1.82, 2.24) is 0 Å². The summed E-state index contributed by atoms with van der Waals surface area (Å²) in [6.07, 6.45) is 2.62. The molecule has 0 amide bonds. The molecule has 0 radical (unpaired) electrons. The van der Waals surface area contributed by atoms with Crippen molar-refractivity contribution in [1.29, 1.82) is 5.26 Å². The van der Waals surface area contributed by atoms with Crippen molar-refractivity contribution in [2.45, 2.75) is 26.2 Å². The van der Waals surface area contributed by atoms with Crippen LogP contribution in [-0.4, -0.2) is 6.61 Å². The maximum Gasteiger partial charge on any atom is 0.122 e.